The van der Waals surface area contributed by atoms with Crippen molar-refractivity contribution in [3.8, 4) is 11.1 Å². The number of benzene rings is 1. The summed E-state index contributed by atoms with van der Waals surface area (Å²) in [6.45, 7) is 11.4. The smallest absolute Gasteiger partial charge is 0.305 e. The molecule has 0 radical (unpaired) electrons. The van der Waals surface area contributed by atoms with E-state index in [2.05, 4.69) is 20.8 Å². The van der Waals surface area contributed by atoms with Crippen molar-refractivity contribution in [2.75, 3.05) is 6.61 Å². The fourth-order valence-corrected chi connectivity index (χ4v) is 4.33. The maximum absolute atomic E-state index is 13.9. The normalized spacial score (nSPS) is 13.6. The Kier molecular flexibility index (Phi) is 12.4. The largest absolute Gasteiger partial charge is 0.481 e. The Labute approximate surface area is 220 Å². The van der Waals surface area contributed by atoms with Crippen LogP contribution in [0.1, 0.15) is 101 Å². The number of aromatic nitrogens is 1. The van der Waals surface area contributed by atoms with Gasteiger partial charge >= 0.3 is 5.97 Å². The molecular weight excluding hydrogens is 473 g/mol. The molecule has 0 bridgehead atoms. The van der Waals surface area contributed by atoms with Crippen LogP contribution in [-0.4, -0.2) is 45.1 Å². The Morgan fingerprint density at radius 1 is 1.05 bits per heavy atom. The van der Waals surface area contributed by atoms with E-state index in [9.17, 15) is 19.4 Å². The predicted octanol–water partition coefficient (Wildman–Crippen LogP) is 6.44. The summed E-state index contributed by atoms with van der Waals surface area (Å²) in [4.78, 5) is 15.9. The Morgan fingerprint density at radius 2 is 1.70 bits per heavy atom. The first kappa shape index (κ1) is 30.6. The average Bonchev–Trinajstić information content (AvgIpc) is 2.82. The number of halogens is 1. The Morgan fingerprint density at radius 3 is 2.27 bits per heavy atom. The third-order valence-electron chi connectivity index (χ3n) is 6.17. The number of aliphatic carboxylic acids is 1. The highest BCUT2D eigenvalue weighted by molar-refractivity contribution is 5.80. The molecule has 2 rings (SSSR count). The van der Waals surface area contributed by atoms with Gasteiger partial charge in [0.2, 0.25) is 0 Å². The van der Waals surface area contributed by atoms with Crippen LogP contribution in [0.4, 0.5) is 4.39 Å². The van der Waals surface area contributed by atoms with Gasteiger partial charge in [0, 0.05) is 29.8 Å². The zero-order valence-electron chi connectivity index (χ0n) is 22.7. The zero-order chi connectivity index (χ0) is 27.5. The molecule has 1 heterocycles. The maximum atomic E-state index is 13.9. The van der Waals surface area contributed by atoms with Gasteiger partial charge in [0.15, 0.2) is 0 Å². The van der Waals surface area contributed by atoms with Crippen molar-refractivity contribution < 1.29 is 29.2 Å². The lowest BCUT2D eigenvalue weighted by Gasteiger charge is -2.24. The van der Waals surface area contributed by atoms with Crippen LogP contribution in [0.5, 0.6) is 0 Å². The van der Waals surface area contributed by atoms with Gasteiger partial charge in [-0.1, -0.05) is 71.7 Å². The van der Waals surface area contributed by atoms with Crippen molar-refractivity contribution in [1.29, 1.82) is 0 Å². The van der Waals surface area contributed by atoms with E-state index in [1.54, 1.807) is 24.3 Å². The van der Waals surface area contributed by atoms with Gasteiger partial charge in [-0.25, -0.2) is 4.39 Å². The fraction of sp³-hybridized carbons (Fsp3) is 0.533. The summed E-state index contributed by atoms with van der Waals surface area (Å²) in [5.74, 6) is -1.27. The molecule has 0 aliphatic carbocycles. The predicted molar refractivity (Wildman–Crippen MR) is 145 cm³/mol. The summed E-state index contributed by atoms with van der Waals surface area (Å²) >= 11 is 0. The van der Waals surface area contributed by atoms with Gasteiger partial charge in [0.25, 0.3) is 0 Å². The third-order valence-corrected chi connectivity index (χ3v) is 6.17. The van der Waals surface area contributed by atoms with Crippen LogP contribution in [-0.2, 0) is 16.1 Å². The summed E-state index contributed by atoms with van der Waals surface area (Å²) in [6.07, 6.45) is 3.75. The van der Waals surface area contributed by atoms with Crippen LogP contribution in [0.15, 0.2) is 30.3 Å². The van der Waals surface area contributed by atoms with Gasteiger partial charge in [0.1, 0.15) is 5.82 Å². The van der Waals surface area contributed by atoms with Gasteiger partial charge < -0.3 is 20.1 Å². The monoisotopic (exact) mass is 515 g/mol. The molecular formula is C30H42FNO5. The molecule has 204 valence electrons. The first-order chi connectivity index (χ1) is 17.5. The zero-order valence-corrected chi connectivity index (χ0v) is 22.7. The number of rotatable bonds is 15. The summed E-state index contributed by atoms with van der Waals surface area (Å²) < 4.78 is 19.9. The number of hydrogen-bond donors (Lipinski definition) is 3. The molecule has 0 saturated carbocycles. The van der Waals surface area contributed by atoms with E-state index in [1.165, 1.54) is 12.1 Å². The second-order valence-electron chi connectivity index (χ2n) is 10.1. The van der Waals surface area contributed by atoms with Gasteiger partial charge in [-0.05, 0) is 41.5 Å². The molecule has 2 aromatic rings. The molecule has 3 N–H and O–H groups in total. The van der Waals surface area contributed by atoms with E-state index in [4.69, 9.17) is 14.8 Å². The Hall–Kier alpha value is -2.61. The van der Waals surface area contributed by atoms with Crippen LogP contribution >= 0.6 is 0 Å². The van der Waals surface area contributed by atoms with Gasteiger partial charge in [-0.3, -0.25) is 9.78 Å². The molecule has 0 saturated heterocycles. The van der Waals surface area contributed by atoms with Crippen LogP contribution in [0.2, 0.25) is 0 Å². The Bertz CT molecular complexity index is 1030. The molecule has 6 nitrogen and oxygen atoms in total. The number of pyridine rings is 1. The number of aliphatic hydroxyl groups excluding tert-OH is 2. The van der Waals surface area contributed by atoms with Crippen molar-refractivity contribution in [1.82, 2.24) is 4.98 Å². The van der Waals surface area contributed by atoms with Gasteiger partial charge in [-0.2, -0.15) is 0 Å². The molecule has 1 aromatic carbocycles. The summed E-state index contributed by atoms with van der Waals surface area (Å²) in [5.41, 5.74) is 5.19. The van der Waals surface area contributed by atoms with E-state index in [0.717, 1.165) is 52.9 Å². The first-order valence-electron chi connectivity index (χ1n) is 13.2. The molecule has 37 heavy (non-hydrogen) atoms. The average molecular weight is 516 g/mol. The Balaban J connectivity index is 2.64. The lowest BCUT2D eigenvalue weighted by atomic mass is 9.87. The number of ether oxygens (including phenoxy) is 1. The van der Waals surface area contributed by atoms with E-state index < -0.39 is 24.6 Å². The van der Waals surface area contributed by atoms with Gasteiger partial charge in [-0.15, -0.1) is 0 Å². The molecule has 2 unspecified atom stereocenters. The van der Waals surface area contributed by atoms with Crippen LogP contribution < -0.4 is 0 Å². The third kappa shape index (κ3) is 9.33. The highest BCUT2D eigenvalue weighted by Crippen LogP contribution is 2.38. The van der Waals surface area contributed by atoms with E-state index in [-0.39, 0.29) is 24.1 Å². The second kappa shape index (κ2) is 15.0. The topological polar surface area (TPSA) is 99.9 Å². The lowest BCUT2D eigenvalue weighted by Crippen LogP contribution is -2.19. The molecule has 0 aliphatic heterocycles. The molecule has 0 fully saturated rings. The summed E-state index contributed by atoms with van der Waals surface area (Å²) in [6, 6.07) is 6.33. The van der Waals surface area contributed by atoms with E-state index >= 15 is 0 Å². The minimum Gasteiger partial charge on any atom is -0.481 e. The second-order valence-corrected chi connectivity index (χ2v) is 10.1. The molecule has 0 amide bonds. The van der Waals surface area contributed by atoms with Crippen LogP contribution in [0.3, 0.4) is 0 Å². The SMILES string of the molecule is CCCCCOCc1c(C(C)C)nc(C(C)C)c(C=CC(O)CC(O)CC(=O)O)c1-c1ccc(F)cc1. The number of hydrogen-bond acceptors (Lipinski definition) is 5. The fourth-order valence-electron chi connectivity index (χ4n) is 4.33. The quantitative estimate of drug-likeness (QED) is 0.236. The minimum absolute atomic E-state index is 0.0608. The molecule has 1 aromatic heterocycles. The number of aliphatic hydroxyl groups is 2. The lowest BCUT2D eigenvalue weighted by molar-refractivity contribution is -0.139. The number of carboxylic acids is 1. The van der Waals surface area contributed by atoms with E-state index in [0.29, 0.717) is 13.2 Å². The van der Waals surface area contributed by atoms with Crippen LogP contribution in [0.25, 0.3) is 17.2 Å². The number of carboxylic acid groups (broad SMARTS) is 1. The van der Waals surface area contributed by atoms with Crippen LogP contribution in [0, 0.1) is 5.82 Å². The molecule has 2 atom stereocenters. The van der Waals surface area contributed by atoms with Crippen molar-refractivity contribution >= 4 is 12.0 Å². The minimum atomic E-state index is -1.16. The molecule has 0 spiro atoms. The number of unbranched alkanes of at least 4 members (excludes halogenated alkanes) is 2. The highest BCUT2D eigenvalue weighted by Gasteiger charge is 2.23. The summed E-state index contributed by atoms with van der Waals surface area (Å²) in [5, 5.41) is 29.4. The highest BCUT2D eigenvalue weighted by atomic mass is 19.1. The standard InChI is InChI=1S/C30H42FNO5/c1-6-7-8-15-37-18-26-28(21-9-11-22(31)12-10-21)25(29(19(2)3)32-30(26)20(4)5)14-13-23(33)16-24(34)17-27(35)36/h9-14,19-20,23-24,33-34H,6-8,15-18H2,1-5H3,(H,35,36). The summed E-state index contributed by atoms with van der Waals surface area (Å²) in [7, 11) is 0. The molecule has 0 aliphatic rings. The van der Waals surface area contributed by atoms with Gasteiger partial charge in [0.05, 0.1) is 30.9 Å². The van der Waals surface area contributed by atoms with Crippen molar-refractivity contribution in [2.45, 2.75) is 97.4 Å². The van der Waals surface area contributed by atoms with Crippen molar-refractivity contribution in [3.63, 3.8) is 0 Å². The van der Waals surface area contributed by atoms with Crippen molar-refractivity contribution in [3.05, 3.63) is 58.7 Å². The molecule has 7 heteroatoms. The van der Waals surface area contributed by atoms with Crippen molar-refractivity contribution in [2.24, 2.45) is 0 Å². The maximum Gasteiger partial charge on any atom is 0.305 e. The number of carbonyl (C=O) groups is 1. The number of nitrogens with zero attached hydrogens (tertiary/aromatic N) is 1. The first-order valence-corrected chi connectivity index (χ1v) is 13.2. The van der Waals surface area contributed by atoms with E-state index in [1.807, 2.05) is 13.8 Å².